The van der Waals surface area contributed by atoms with Gasteiger partial charge in [-0.1, -0.05) is 12.2 Å². The zero-order valence-electron chi connectivity index (χ0n) is 7.67. The second-order valence-electron chi connectivity index (χ2n) is 2.51. The van der Waals surface area contributed by atoms with Crippen molar-refractivity contribution >= 4 is 0 Å². The maximum absolute atomic E-state index is 5.28. The fourth-order valence-corrected chi connectivity index (χ4v) is 0.570. The van der Waals surface area contributed by atoms with Crippen LogP contribution in [0.1, 0.15) is 20.8 Å². The van der Waals surface area contributed by atoms with E-state index >= 15 is 0 Å². The van der Waals surface area contributed by atoms with Crippen molar-refractivity contribution in [1.29, 1.82) is 0 Å². The van der Waals surface area contributed by atoms with Crippen molar-refractivity contribution in [1.82, 2.24) is 0 Å². The van der Waals surface area contributed by atoms with Crippen molar-refractivity contribution in [3.05, 3.63) is 12.2 Å². The van der Waals surface area contributed by atoms with Crippen LogP contribution in [-0.4, -0.2) is 25.9 Å². The highest BCUT2D eigenvalue weighted by Gasteiger charge is 1.87. The Morgan fingerprint density at radius 3 is 2.36 bits per heavy atom. The molecule has 0 aromatic rings. The average Bonchev–Trinajstić information content (AvgIpc) is 1.96. The molecule has 0 N–H and O–H groups in total. The molecule has 0 amide bonds. The van der Waals surface area contributed by atoms with Crippen LogP contribution in [0.5, 0.6) is 0 Å². The summed E-state index contributed by atoms with van der Waals surface area (Å²) in [6.45, 7) is 8.18. The Hall–Kier alpha value is -0.340. The number of rotatable bonds is 6. The molecule has 0 atom stereocenters. The summed E-state index contributed by atoms with van der Waals surface area (Å²) >= 11 is 0. The lowest BCUT2D eigenvalue weighted by atomic mass is 10.5. The molecule has 0 aliphatic carbocycles. The predicted molar refractivity (Wildman–Crippen MR) is 46.7 cm³/mol. The quantitative estimate of drug-likeness (QED) is 0.435. The third kappa shape index (κ3) is 9.66. The van der Waals surface area contributed by atoms with Crippen molar-refractivity contribution in [3.8, 4) is 0 Å². The topological polar surface area (TPSA) is 18.5 Å². The van der Waals surface area contributed by atoms with E-state index in [9.17, 15) is 0 Å². The van der Waals surface area contributed by atoms with Crippen LogP contribution in [0.2, 0.25) is 0 Å². The monoisotopic (exact) mass is 158 g/mol. The van der Waals surface area contributed by atoms with Gasteiger partial charge in [-0.25, -0.2) is 0 Å². The maximum Gasteiger partial charge on any atom is 0.0651 e. The zero-order valence-corrected chi connectivity index (χ0v) is 7.67. The van der Waals surface area contributed by atoms with Gasteiger partial charge in [-0.05, 0) is 20.8 Å². The summed E-state index contributed by atoms with van der Waals surface area (Å²) in [5, 5.41) is 0. The van der Waals surface area contributed by atoms with Crippen LogP contribution in [0.4, 0.5) is 0 Å². The molecule has 2 nitrogen and oxygen atoms in total. The van der Waals surface area contributed by atoms with E-state index in [1.807, 2.05) is 32.9 Å². The molecule has 0 aliphatic rings. The average molecular weight is 158 g/mol. The number of hydrogen-bond acceptors (Lipinski definition) is 2. The molecule has 11 heavy (non-hydrogen) atoms. The van der Waals surface area contributed by atoms with Crippen molar-refractivity contribution < 1.29 is 9.47 Å². The van der Waals surface area contributed by atoms with E-state index in [1.165, 1.54) is 0 Å². The van der Waals surface area contributed by atoms with E-state index in [4.69, 9.17) is 9.47 Å². The van der Waals surface area contributed by atoms with E-state index in [2.05, 4.69) is 0 Å². The van der Waals surface area contributed by atoms with E-state index in [1.54, 1.807) is 0 Å². The molecule has 0 aromatic heterocycles. The van der Waals surface area contributed by atoms with Gasteiger partial charge in [0, 0.05) is 6.61 Å². The first-order chi connectivity index (χ1) is 5.27. The molecule has 0 saturated carbocycles. The summed E-state index contributed by atoms with van der Waals surface area (Å²) in [4.78, 5) is 0. The van der Waals surface area contributed by atoms with Crippen molar-refractivity contribution in [2.75, 3.05) is 19.8 Å². The predicted octanol–water partition coefficient (Wildman–Crippen LogP) is 2.00. The van der Waals surface area contributed by atoms with Crippen molar-refractivity contribution in [3.63, 3.8) is 0 Å². The van der Waals surface area contributed by atoms with Crippen molar-refractivity contribution in [2.45, 2.75) is 26.9 Å². The van der Waals surface area contributed by atoms with Gasteiger partial charge >= 0.3 is 0 Å². The van der Waals surface area contributed by atoms with Crippen LogP contribution < -0.4 is 0 Å². The molecule has 0 bridgehead atoms. The Morgan fingerprint density at radius 2 is 1.82 bits per heavy atom. The molecule has 2 heteroatoms. The highest BCUT2D eigenvalue weighted by molar-refractivity contribution is 4.81. The van der Waals surface area contributed by atoms with Gasteiger partial charge in [-0.2, -0.15) is 0 Å². The summed E-state index contributed by atoms with van der Waals surface area (Å²) in [5.74, 6) is 0. The summed E-state index contributed by atoms with van der Waals surface area (Å²) in [6, 6.07) is 0. The van der Waals surface area contributed by atoms with Crippen LogP contribution in [0.15, 0.2) is 12.2 Å². The lowest BCUT2D eigenvalue weighted by molar-refractivity contribution is 0.102. The largest absolute Gasteiger partial charge is 0.378 e. The molecule has 0 unspecified atom stereocenters. The molecular formula is C9H18O2. The van der Waals surface area contributed by atoms with E-state index in [0.29, 0.717) is 19.3 Å². The lowest BCUT2D eigenvalue weighted by Crippen LogP contribution is -2.01. The highest BCUT2D eigenvalue weighted by atomic mass is 16.5. The third-order valence-electron chi connectivity index (χ3n) is 1.11. The Balaban J connectivity index is 3.03. The van der Waals surface area contributed by atoms with Gasteiger partial charge in [0.05, 0.1) is 19.3 Å². The highest BCUT2D eigenvalue weighted by Crippen LogP contribution is 1.87. The minimum atomic E-state index is 0.312. The first-order valence-corrected chi connectivity index (χ1v) is 4.11. The van der Waals surface area contributed by atoms with Gasteiger partial charge < -0.3 is 9.47 Å². The van der Waals surface area contributed by atoms with Gasteiger partial charge in [0.25, 0.3) is 0 Å². The second-order valence-corrected chi connectivity index (χ2v) is 2.51. The van der Waals surface area contributed by atoms with Crippen molar-refractivity contribution in [2.24, 2.45) is 0 Å². The third-order valence-corrected chi connectivity index (χ3v) is 1.11. The fourth-order valence-electron chi connectivity index (χ4n) is 0.570. The minimum Gasteiger partial charge on any atom is -0.378 e. The molecule has 0 rings (SSSR count). The Morgan fingerprint density at radius 1 is 1.18 bits per heavy atom. The molecule has 0 fully saturated rings. The van der Waals surface area contributed by atoms with Crippen LogP contribution >= 0.6 is 0 Å². The minimum absolute atomic E-state index is 0.312. The maximum atomic E-state index is 5.28. The molecule has 66 valence electrons. The smallest absolute Gasteiger partial charge is 0.0651 e. The van der Waals surface area contributed by atoms with Gasteiger partial charge in [-0.15, -0.1) is 0 Å². The Kier molecular flexibility index (Phi) is 7.52. The molecule has 0 spiro atoms. The summed E-state index contributed by atoms with van der Waals surface area (Å²) in [5.41, 5.74) is 0. The van der Waals surface area contributed by atoms with Gasteiger partial charge in [0.15, 0.2) is 0 Å². The van der Waals surface area contributed by atoms with Crippen LogP contribution in [0, 0.1) is 0 Å². The lowest BCUT2D eigenvalue weighted by Gasteiger charge is -2.02. The zero-order chi connectivity index (χ0) is 8.53. The van der Waals surface area contributed by atoms with Crippen LogP contribution in [0.25, 0.3) is 0 Å². The summed E-state index contributed by atoms with van der Waals surface area (Å²) in [7, 11) is 0. The van der Waals surface area contributed by atoms with Gasteiger partial charge in [0.2, 0.25) is 0 Å². The molecule has 0 heterocycles. The van der Waals surface area contributed by atoms with E-state index in [-0.39, 0.29) is 0 Å². The molecular weight excluding hydrogens is 140 g/mol. The Labute approximate surface area is 69.2 Å². The van der Waals surface area contributed by atoms with Gasteiger partial charge in [-0.3, -0.25) is 0 Å². The number of hydrogen-bond donors (Lipinski definition) is 0. The normalized spacial score (nSPS) is 11.6. The Bertz CT molecular complexity index is 97.7. The van der Waals surface area contributed by atoms with Gasteiger partial charge in [0.1, 0.15) is 0 Å². The molecule has 0 aromatic carbocycles. The molecule has 0 aliphatic heterocycles. The molecule has 0 radical (unpaired) electrons. The standard InChI is InChI=1S/C9H18O2/c1-4-10-7-5-6-8-11-9(2)3/h5-6,9H,4,7-8H2,1-3H3. The van der Waals surface area contributed by atoms with E-state index < -0.39 is 0 Å². The van der Waals surface area contributed by atoms with E-state index in [0.717, 1.165) is 6.61 Å². The summed E-state index contributed by atoms with van der Waals surface area (Å²) in [6.07, 6.45) is 4.27. The van der Waals surface area contributed by atoms with Crippen LogP contribution in [0.3, 0.4) is 0 Å². The summed E-state index contributed by atoms with van der Waals surface area (Å²) < 4.78 is 10.4. The van der Waals surface area contributed by atoms with Crippen LogP contribution in [-0.2, 0) is 9.47 Å². The number of ether oxygens (including phenoxy) is 2. The first-order valence-electron chi connectivity index (χ1n) is 4.11. The SMILES string of the molecule is CCOCC=CCOC(C)C. The molecule has 0 saturated heterocycles. The second kappa shape index (κ2) is 7.76. The fraction of sp³-hybridized carbons (Fsp3) is 0.778. The first kappa shape index (κ1) is 10.7.